The van der Waals surface area contributed by atoms with E-state index in [1.807, 2.05) is 33.9 Å². The Labute approximate surface area is 149 Å². The number of halogens is 2. The molecule has 8 heteroatoms. The molecule has 3 N–H and O–H groups in total. The van der Waals surface area contributed by atoms with Crippen LogP contribution < -0.4 is 11.1 Å². The number of hydrogen-bond donors (Lipinski definition) is 2. The minimum absolute atomic E-state index is 0. The molecule has 2 heterocycles. The molecule has 2 rings (SSSR count). The second-order valence-corrected chi connectivity index (χ2v) is 5.45. The first-order chi connectivity index (χ1) is 9.96. The summed E-state index contributed by atoms with van der Waals surface area (Å²) < 4.78 is 1.72. The summed E-state index contributed by atoms with van der Waals surface area (Å²) in [4.78, 5) is 16.8. The van der Waals surface area contributed by atoms with Gasteiger partial charge in [-0.2, -0.15) is 5.10 Å². The van der Waals surface area contributed by atoms with Crippen molar-refractivity contribution in [2.75, 3.05) is 6.54 Å². The summed E-state index contributed by atoms with van der Waals surface area (Å²) in [5.74, 6) is -0.137. The van der Waals surface area contributed by atoms with E-state index in [0.717, 1.165) is 29.6 Å². The number of nitrogens with zero attached hydrogens (tertiary/aromatic N) is 3. The molecule has 0 aromatic carbocycles. The lowest BCUT2D eigenvalue weighted by atomic mass is 9.92. The van der Waals surface area contributed by atoms with Crippen molar-refractivity contribution >= 4 is 41.8 Å². The van der Waals surface area contributed by atoms with Crippen molar-refractivity contribution in [1.82, 2.24) is 20.1 Å². The molecular weight excluding hydrogens is 337 g/mol. The zero-order valence-corrected chi connectivity index (χ0v) is 15.6. The van der Waals surface area contributed by atoms with Crippen LogP contribution in [0.5, 0.6) is 0 Å². The normalized spacial score (nSPS) is 10.8. The van der Waals surface area contributed by atoms with E-state index < -0.39 is 0 Å². The van der Waals surface area contributed by atoms with Crippen LogP contribution in [0.3, 0.4) is 0 Å². The fourth-order valence-corrected chi connectivity index (χ4v) is 2.51. The highest BCUT2D eigenvalue weighted by Gasteiger charge is 2.27. The highest BCUT2D eigenvalue weighted by molar-refractivity contribution is 5.97. The first-order valence-corrected chi connectivity index (χ1v) is 7.28. The number of amides is 1. The number of aryl methyl sites for hydroxylation is 2. The lowest BCUT2D eigenvalue weighted by Crippen LogP contribution is -2.52. The maximum Gasteiger partial charge on any atom is 0.253 e. The van der Waals surface area contributed by atoms with Crippen molar-refractivity contribution in [2.24, 2.45) is 12.8 Å². The van der Waals surface area contributed by atoms with Gasteiger partial charge in [0.25, 0.3) is 5.91 Å². The standard InChI is InChI=1S/C15H23N5O.2ClH/c1-5-15(6-2,9-16)18-14(21)11-7-12-10(3)19-20(4)13(12)17-8-11;;/h7-8H,5-6,9,16H2,1-4H3,(H,18,21);2*1H. The molecule has 2 aromatic rings. The molecule has 0 aliphatic rings. The quantitative estimate of drug-likeness (QED) is 0.855. The average molecular weight is 362 g/mol. The molecule has 0 saturated heterocycles. The second kappa shape index (κ2) is 8.47. The fraction of sp³-hybridized carbons (Fsp3) is 0.533. The smallest absolute Gasteiger partial charge is 0.253 e. The molecule has 0 radical (unpaired) electrons. The lowest BCUT2D eigenvalue weighted by molar-refractivity contribution is 0.0895. The van der Waals surface area contributed by atoms with Gasteiger partial charge >= 0.3 is 0 Å². The molecule has 0 unspecified atom stereocenters. The Kier molecular flexibility index (Phi) is 7.97. The minimum atomic E-state index is -0.351. The van der Waals surface area contributed by atoms with Crippen LogP contribution >= 0.6 is 24.8 Å². The van der Waals surface area contributed by atoms with Crippen molar-refractivity contribution in [3.8, 4) is 0 Å². The number of hydrogen-bond acceptors (Lipinski definition) is 4. The predicted octanol–water partition coefficient (Wildman–Crippen LogP) is 2.37. The van der Waals surface area contributed by atoms with Crippen molar-refractivity contribution in [2.45, 2.75) is 39.2 Å². The van der Waals surface area contributed by atoms with Crippen molar-refractivity contribution in [3.63, 3.8) is 0 Å². The van der Waals surface area contributed by atoms with E-state index in [2.05, 4.69) is 15.4 Å². The molecule has 0 bridgehead atoms. The highest BCUT2D eigenvalue weighted by atomic mass is 35.5. The van der Waals surface area contributed by atoms with E-state index in [1.165, 1.54) is 0 Å². The molecule has 23 heavy (non-hydrogen) atoms. The summed E-state index contributed by atoms with van der Waals surface area (Å²) in [5, 5.41) is 8.27. The number of nitrogens with one attached hydrogen (secondary N) is 1. The molecule has 0 aliphatic carbocycles. The maximum atomic E-state index is 12.5. The Morgan fingerprint density at radius 1 is 1.35 bits per heavy atom. The number of aromatic nitrogens is 3. The molecule has 130 valence electrons. The third-order valence-corrected chi connectivity index (χ3v) is 4.25. The van der Waals surface area contributed by atoms with Gasteiger partial charge < -0.3 is 11.1 Å². The molecule has 0 fully saturated rings. The molecule has 0 aliphatic heterocycles. The summed E-state index contributed by atoms with van der Waals surface area (Å²) in [5.41, 5.74) is 7.66. The Morgan fingerprint density at radius 3 is 2.48 bits per heavy atom. The Bertz CT molecular complexity index is 659. The Hall–Kier alpha value is -1.37. The third-order valence-electron chi connectivity index (χ3n) is 4.25. The van der Waals surface area contributed by atoms with E-state index in [0.29, 0.717) is 12.1 Å². The van der Waals surface area contributed by atoms with Crippen LogP contribution in [0, 0.1) is 6.92 Å². The van der Waals surface area contributed by atoms with Gasteiger partial charge in [0.1, 0.15) is 0 Å². The van der Waals surface area contributed by atoms with E-state index >= 15 is 0 Å². The molecular formula is C15H25Cl2N5O. The third kappa shape index (κ3) is 4.13. The monoisotopic (exact) mass is 361 g/mol. The maximum absolute atomic E-state index is 12.5. The van der Waals surface area contributed by atoms with Crippen LogP contribution in [0.25, 0.3) is 11.0 Å². The van der Waals surface area contributed by atoms with E-state index in [9.17, 15) is 4.79 Å². The number of carbonyl (C=O) groups excluding carboxylic acids is 1. The molecule has 1 amide bonds. The van der Waals surface area contributed by atoms with Gasteiger partial charge in [0.05, 0.1) is 16.8 Å². The number of fused-ring (bicyclic) bond motifs is 1. The Morgan fingerprint density at radius 2 is 1.96 bits per heavy atom. The van der Waals surface area contributed by atoms with E-state index in [4.69, 9.17) is 5.73 Å². The van der Waals surface area contributed by atoms with Crippen LogP contribution in [0.15, 0.2) is 12.3 Å². The molecule has 0 saturated carbocycles. The number of pyridine rings is 1. The van der Waals surface area contributed by atoms with Gasteiger partial charge in [0.2, 0.25) is 0 Å². The van der Waals surface area contributed by atoms with E-state index in [-0.39, 0.29) is 36.3 Å². The summed E-state index contributed by atoms with van der Waals surface area (Å²) >= 11 is 0. The SMILES string of the molecule is CCC(CC)(CN)NC(=O)c1cnc2c(c1)c(C)nn2C.Cl.Cl. The zero-order valence-electron chi connectivity index (χ0n) is 13.9. The van der Waals surface area contributed by atoms with Crippen LogP contribution in [0.2, 0.25) is 0 Å². The average Bonchev–Trinajstić information content (AvgIpc) is 2.79. The van der Waals surface area contributed by atoms with Crippen molar-refractivity contribution in [3.05, 3.63) is 23.5 Å². The summed E-state index contributed by atoms with van der Waals surface area (Å²) in [7, 11) is 1.84. The Balaban J connectivity index is 0.00000242. The van der Waals surface area contributed by atoms with Gasteiger partial charge in [-0.15, -0.1) is 24.8 Å². The van der Waals surface area contributed by atoms with Gasteiger partial charge in [0.15, 0.2) is 5.65 Å². The first kappa shape index (κ1) is 21.6. The molecule has 0 spiro atoms. The van der Waals surface area contributed by atoms with Crippen LogP contribution in [0.1, 0.15) is 42.7 Å². The van der Waals surface area contributed by atoms with Gasteiger partial charge in [-0.3, -0.25) is 9.48 Å². The van der Waals surface area contributed by atoms with Gasteiger partial charge in [-0.1, -0.05) is 13.8 Å². The lowest BCUT2D eigenvalue weighted by Gasteiger charge is -2.31. The minimum Gasteiger partial charge on any atom is -0.345 e. The summed E-state index contributed by atoms with van der Waals surface area (Å²) in [6.07, 6.45) is 3.19. The number of nitrogens with two attached hydrogens (primary N) is 1. The van der Waals surface area contributed by atoms with Gasteiger partial charge in [-0.05, 0) is 25.8 Å². The number of rotatable bonds is 5. The molecule has 2 aromatic heterocycles. The predicted molar refractivity (Wildman–Crippen MR) is 97.6 cm³/mol. The van der Waals surface area contributed by atoms with Crippen molar-refractivity contribution < 1.29 is 4.79 Å². The second-order valence-electron chi connectivity index (χ2n) is 5.45. The van der Waals surface area contributed by atoms with Crippen LogP contribution in [0.4, 0.5) is 0 Å². The summed E-state index contributed by atoms with van der Waals surface area (Å²) in [6, 6.07) is 1.84. The summed E-state index contributed by atoms with van der Waals surface area (Å²) in [6.45, 7) is 6.40. The number of carbonyl (C=O) groups is 1. The topological polar surface area (TPSA) is 85.8 Å². The van der Waals surface area contributed by atoms with E-state index in [1.54, 1.807) is 10.9 Å². The highest BCUT2D eigenvalue weighted by Crippen LogP contribution is 2.18. The zero-order chi connectivity index (χ0) is 15.6. The fourth-order valence-electron chi connectivity index (χ4n) is 2.51. The van der Waals surface area contributed by atoms with Gasteiger partial charge in [0, 0.05) is 25.2 Å². The van der Waals surface area contributed by atoms with Crippen LogP contribution in [-0.4, -0.2) is 32.8 Å². The molecule has 6 nitrogen and oxygen atoms in total. The van der Waals surface area contributed by atoms with Gasteiger partial charge in [-0.25, -0.2) is 4.98 Å². The van der Waals surface area contributed by atoms with Crippen LogP contribution in [-0.2, 0) is 7.05 Å². The van der Waals surface area contributed by atoms with Crippen molar-refractivity contribution in [1.29, 1.82) is 0 Å². The largest absolute Gasteiger partial charge is 0.345 e. The molecule has 0 atom stereocenters. The first-order valence-electron chi connectivity index (χ1n) is 7.28.